The number of nitrogens with one attached hydrogen (secondary N) is 2. The molecule has 0 saturated carbocycles. The van der Waals surface area contributed by atoms with Crippen LogP contribution in [0.5, 0.6) is 0 Å². The topological polar surface area (TPSA) is 42.9 Å². The minimum absolute atomic E-state index is 0.666. The molecule has 0 aliphatic carbocycles. The summed E-state index contributed by atoms with van der Waals surface area (Å²) in [6, 6.07) is 0.666. The second kappa shape index (κ2) is 10.1. The molecule has 2 rings (SSSR count). The lowest BCUT2D eigenvalue weighted by Gasteiger charge is -2.35. The highest BCUT2D eigenvalue weighted by Crippen LogP contribution is 2.15. The number of likely N-dealkylation sites (N-methyl/N-ethyl adjacent to an activating group) is 1. The fourth-order valence-electron chi connectivity index (χ4n) is 3.66. The van der Waals surface area contributed by atoms with Gasteiger partial charge in [0.25, 0.3) is 0 Å². The molecule has 2 heterocycles. The first-order chi connectivity index (χ1) is 10.8. The van der Waals surface area contributed by atoms with Crippen LogP contribution < -0.4 is 10.6 Å². The van der Waals surface area contributed by atoms with Gasteiger partial charge in [0.15, 0.2) is 5.96 Å². The lowest BCUT2D eigenvalue weighted by molar-refractivity contribution is 0.157. The smallest absolute Gasteiger partial charge is 0.191 e. The zero-order valence-corrected chi connectivity index (χ0v) is 14.6. The Hall–Kier alpha value is -0.810. The van der Waals surface area contributed by atoms with E-state index in [2.05, 4.69) is 32.3 Å². The van der Waals surface area contributed by atoms with Crippen molar-refractivity contribution in [3.63, 3.8) is 0 Å². The van der Waals surface area contributed by atoms with Gasteiger partial charge in [-0.25, -0.2) is 0 Å². The largest absolute Gasteiger partial charge is 0.355 e. The van der Waals surface area contributed by atoms with E-state index < -0.39 is 0 Å². The van der Waals surface area contributed by atoms with Crippen molar-refractivity contribution in [2.24, 2.45) is 4.99 Å². The first-order valence-electron chi connectivity index (χ1n) is 9.24. The SMILES string of the molecule is CCN1CCCCC1CNC(=NC)NCCN1CCCCC1. The number of hydrogen-bond donors (Lipinski definition) is 2. The minimum Gasteiger partial charge on any atom is -0.355 e. The molecule has 2 aliphatic heterocycles. The Labute approximate surface area is 136 Å². The van der Waals surface area contributed by atoms with Gasteiger partial charge in [0, 0.05) is 32.7 Å². The molecule has 0 aromatic rings. The highest BCUT2D eigenvalue weighted by Gasteiger charge is 2.20. The van der Waals surface area contributed by atoms with Gasteiger partial charge in [-0.3, -0.25) is 9.89 Å². The summed E-state index contributed by atoms with van der Waals surface area (Å²) in [6.45, 7) is 10.3. The van der Waals surface area contributed by atoms with Crippen molar-refractivity contribution in [3.05, 3.63) is 0 Å². The molecule has 22 heavy (non-hydrogen) atoms. The zero-order valence-electron chi connectivity index (χ0n) is 14.6. The van der Waals surface area contributed by atoms with E-state index in [1.165, 1.54) is 58.2 Å². The van der Waals surface area contributed by atoms with Crippen molar-refractivity contribution in [3.8, 4) is 0 Å². The van der Waals surface area contributed by atoms with E-state index in [1.807, 2.05) is 7.05 Å². The predicted octanol–water partition coefficient (Wildman–Crippen LogP) is 1.51. The minimum atomic E-state index is 0.666. The quantitative estimate of drug-likeness (QED) is 0.577. The molecule has 0 aromatic heterocycles. The van der Waals surface area contributed by atoms with Crippen molar-refractivity contribution in [1.29, 1.82) is 0 Å². The Morgan fingerprint density at radius 3 is 2.55 bits per heavy atom. The molecule has 0 radical (unpaired) electrons. The number of guanidine groups is 1. The van der Waals surface area contributed by atoms with Gasteiger partial charge < -0.3 is 15.5 Å². The fraction of sp³-hybridized carbons (Fsp3) is 0.941. The fourth-order valence-corrected chi connectivity index (χ4v) is 3.66. The molecule has 5 heteroatoms. The third-order valence-corrected chi connectivity index (χ3v) is 5.05. The Kier molecular flexibility index (Phi) is 8.02. The summed E-state index contributed by atoms with van der Waals surface area (Å²) >= 11 is 0. The summed E-state index contributed by atoms with van der Waals surface area (Å²) in [7, 11) is 1.87. The van der Waals surface area contributed by atoms with Crippen LogP contribution in [0.3, 0.4) is 0 Å². The van der Waals surface area contributed by atoms with E-state index in [0.29, 0.717) is 6.04 Å². The van der Waals surface area contributed by atoms with Crippen LogP contribution in [0.4, 0.5) is 0 Å². The van der Waals surface area contributed by atoms with Crippen LogP contribution in [0.25, 0.3) is 0 Å². The standard InChI is InChI=1S/C17H35N5/c1-3-22-13-8-5-9-16(22)15-20-17(18-2)19-10-14-21-11-6-4-7-12-21/h16H,3-15H2,1-2H3,(H2,18,19,20). The summed E-state index contributed by atoms with van der Waals surface area (Å²) < 4.78 is 0. The zero-order chi connectivity index (χ0) is 15.6. The number of hydrogen-bond acceptors (Lipinski definition) is 3. The molecule has 2 N–H and O–H groups in total. The molecule has 2 fully saturated rings. The Morgan fingerprint density at radius 2 is 1.82 bits per heavy atom. The van der Waals surface area contributed by atoms with Crippen LogP contribution in [-0.2, 0) is 0 Å². The molecule has 2 saturated heterocycles. The van der Waals surface area contributed by atoms with Crippen LogP contribution in [0.15, 0.2) is 4.99 Å². The van der Waals surface area contributed by atoms with E-state index in [1.54, 1.807) is 0 Å². The van der Waals surface area contributed by atoms with E-state index in [-0.39, 0.29) is 0 Å². The predicted molar refractivity (Wildman–Crippen MR) is 94.5 cm³/mol. The van der Waals surface area contributed by atoms with E-state index >= 15 is 0 Å². The third kappa shape index (κ3) is 5.76. The van der Waals surface area contributed by atoms with Crippen LogP contribution >= 0.6 is 0 Å². The van der Waals surface area contributed by atoms with Gasteiger partial charge in [0.05, 0.1) is 0 Å². The van der Waals surface area contributed by atoms with Gasteiger partial charge in [-0.2, -0.15) is 0 Å². The molecular formula is C17H35N5. The lowest BCUT2D eigenvalue weighted by Crippen LogP contribution is -2.49. The molecule has 128 valence electrons. The second-order valence-electron chi connectivity index (χ2n) is 6.56. The maximum Gasteiger partial charge on any atom is 0.191 e. The van der Waals surface area contributed by atoms with Gasteiger partial charge in [-0.15, -0.1) is 0 Å². The monoisotopic (exact) mass is 309 g/mol. The molecule has 2 aliphatic rings. The van der Waals surface area contributed by atoms with Crippen LogP contribution in [0, 0.1) is 0 Å². The Balaban J connectivity index is 1.63. The van der Waals surface area contributed by atoms with Gasteiger partial charge >= 0.3 is 0 Å². The molecule has 0 spiro atoms. The molecule has 0 bridgehead atoms. The van der Waals surface area contributed by atoms with Crippen LogP contribution in [0.2, 0.25) is 0 Å². The van der Waals surface area contributed by atoms with Crippen molar-refractivity contribution in [1.82, 2.24) is 20.4 Å². The number of piperidine rings is 2. The van der Waals surface area contributed by atoms with Crippen LogP contribution in [0.1, 0.15) is 45.4 Å². The molecule has 0 aromatic carbocycles. The summed E-state index contributed by atoms with van der Waals surface area (Å²) in [4.78, 5) is 9.52. The lowest BCUT2D eigenvalue weighted by atomic mass is 10.0. The number of aliphatic imine (C=N–C) groups is 1. The highest BCUT2D eigenvalue weighted by molar-refractivity contribution is 5.79. The first kappa shape index (κ1) is 17.5. The van der Waals surface area contributed by atoms with E-state index in [9.17, 15) is 0 Å². The van der Waals surface area contributed by atoms with E-state index in [4.69, 9.17) is 0 Å². The summed E-state index contributed by atoms with van der Waals surface area (Å²) in [5.41, 5.74) is 0. The summed E-state index contributed by atoms with van der Waals surface area (Å²) in [5.74, 6) is 0.957. The number of rotatable bonds is 6. The average molecular weight is 310 g/mol. The molecular weight excluding hydrogens is 274 g/mol. The average Bonchev–Trinajstić information content (AvgIpc) is 2.59. The molecule has 1 atom stereocenters. The first-order valence-corrected chi connectivity index (χ1v) is 9.24. The molecule has 1 unspecified atom stereocenters. The number of likely N-dealkylation sites (tertiary alicyclic amines) is 2. The number of nitrogens with zero attached hydrogens (tertiary/aromatic N) is 3. The van der Waals surface area contributed by atoms with Gasteiger partial charge in [-0.05, 0) is 51.9 Å². The van der Waals surface area contributed by atoms with Gasteiger partial charge in [0.2, 0.25) is 0 Å². The molecule has 5 nitrogen and oxygen atoms in total. The Bertz CT molecular complexity index is 325. The maximum atomic E-state index is 4.36. The van der Waals surface area contributed by atoms with Crippen molar-refractivity contribution in [2.45, 2.75) is 51.5 Å². The maximum absolute atomic E-state index is 4.36. The van der Waals surface area contributed by atoms with Crippen LogP contribution in [-0.4, -0.2) is 74.7 Å². The summed E-state index contributed by atoms with van der Waals surface area (Å²) in [6.07, 6.45) is 8.16. The molecule has 0 amide bonds. The Morgan fingerprint density at radius 1 is 1.05 bits per heavy atom. The van der Waals surface area contributed by atoms with Crippen molar-refractivity contribution >= 4 is 5.96 Å². The van der Waals surface area contributed by atoms with Gasteiger partial charge in [0.1, 0.15) is 0 Å². The van der Waals surface area contributed by atoms with Crippen molar-refractivity contribution < 1.29 is 0 Å². The second-order valence-corrected chi connectivity index (χ2v) is 6.56. The van der Waals surface area contributed by atoms with E-state index in [0.717, 1.165) is 32.1 Å². The normalized spacial score (nSPS) is 25.2. The van der Waals surface area contributed by atoms with Crippen molar-refractivity contribution in [2.75, 3.05) is 52.9 Å². The highest BCUT2D eigenvalue weighted by atomic mass is 15.2. The van der Waals surface area contributed by atoms with Gasteiger partial charge in [-0.1, -0.05) is 19.8 Å². The summed E-state index contributed by atoms with van der Waals surface area (Å²) in [5, 5.41) is 6.99. The third-order valence-electron chi connectivity index (χ3n) is 5.05.